The molecule has 1 aromatic rings. The van der Waals surface area contributed by atoms with Gasteiger partial charge in [-0.2, -0.15) is 0 Å². The Morgan fingerprint density at radius 2 is 1.94 bits per heavy atom. The molecule has 0 spiro atoms. The van der Waals surface area contributed by atoms with Crippen molar-refractivity contribution in [3.63, 3.8) is 0 Å². The van der Waals surface area contributed by atoms with Crippen molar-refractivity contribution in [2.45, 2.75) is 25.9 Å². The molecular formula is C13H21NO2. The molecule has 0 aliphatic carbocycles. The van der Waals surface area contributed by atoms with Gasteiger partial charge in [0.2, 0.25) is 0 Å². The number of hydrogen-bond donors (Lipinski definition) is 1. The van der Waals surface area contributed by atoms with Gasteiger partial charge in [0.25, 0.3) is 0 Å². The van der Waals surface area contributed by atoms with Crippen molar-refractivity contribution in [2.24, 2.45) is 5.73 Å². The Balaban J connectivity index is 2.50. The van der Waals surface area contributed by atoms with E-state index in [1.165, 1.54) is 5.56 Å². The molecule has 3 nitrogen and oxygen atoms in total. The molecule has 90 valence electrons. The van der Waals surface area contributed by atoms with E-state index >= 15 is 0 Å². The average molecular weight is 223 g/mol. The fraction of sp³-hybridized carbons (Fsp3) is 0.538. The van der Waals surface area contributed by atoms with Gasteiger partial charge in [-0.3, -0.25) is 0 Å². The van der Waals surface area contributed by atoms with Crippen LogP contribution in [0.1, 0.15) is 18.9 Å². The van der Waals surface area contributed by atoms with E-state index in [-0.39, 0.29) is 6.10 Å². The quantitative estimate of drug-likeness (QED) is 0.769. The lowest BCUT2D eigenvalue weighted by Crippen LogP contribution is -2.25. The van der Waals surface area contributed by atoms with E-state index in [1.54, 1.807) is 7.11 Å². The van der Waals surface area contributed by atoms with E-state index in [0.717, 1.165) is 25.2 Å². The summed E-state index contributed by atoms with van der Waals surface area (Å²) in [6, 6.07) is 8.11. The standard InChI is InChI=1S/C13H21NO2/c1-3-12(10-14)16-13-6-4-11(5-7-13)8-9-15-2/h4-7,12H,3,8-10,14H2,1-2H3. The molecule has 1 unspecified atom stereocenters. The molecule has 0 aromatic heterocycles. The van der Waals surface area contributed by atoms with Gasteiger partial charge >= 0.3 is 0 Å². The first-order valence-electron chi connectivity index (χ1n) is 5.74. The van der Waals surface area contributed by atoms with Crippen LogP contribution in [0.25, 0.3) is 0 Å². The van der Waals surface area contributed by atoms with E-state index in [9.17, 15) is 0 Å². The highest BCUT2D eigenvalue weighted by Gasteiger charge is 2.04. The van der Waals surface area contributed by atoms with Crippen LogP contribution in [-0.4, -0.2) is 26.4 Å². The Labute approximate surface area is 97.6 Å². The summed E-state index contributed by atoms with van der Waals surface area (Å²) in [5.41, 5.74) is 6.84. The minimum atomic E-state index is 0.116. The van der Waals surface area contributed by atoms with Crippen molar-refractivity contribution >= 4 is 0 Å². The normalized spacial score (nSPS) is 12.4. The van der Waals surface area contributed by atoms with E-state index < -0.39 is 0 Å². The van der Waals surface area contributed by atoms with E-state index in [4.69, 9.17) is 15.2 Å². The van der Waals surface area contributed by atoms with Gasteiger partial charge in [-0.15, -0.1) is 0 Å². The number of methoxy groups -OCH3 is 1. The molecule has 1 aromatic carbocycles. The second-order valence-electron chi connectivity index (χ2n) is 3.77. The van der Waals surface area contributed by atoms with Gasteiger partial charge in [0.1, 0.15) is 11.9 Å². The van der Waals surface area contributed by atoms with Gasteiger partial charge in [0.15, 0.2) is 0 Å². The van der Waals surface area contributed by atoms with Crippen molar-refractivity contribution in [1.29, 1.82) is 0 Å². The van der Waals surface area contributed by atoms with Crippen LogP contribution in [0.2, 0.25) is 0 Å². The van der Waals surface area contributed by atoms with Crippen LogP contribution in [0.15, 0.2) is 24.3 Å². The summed E-state index contributed by atoms with van der Waals surface area (Å²) in [6.07, 6.45) is 1.98. The Morgan fingerprint density at radius 3 is 2.44 bits per heavy atom. The average Bonchev–Trinajstić information content (AvgIpc) is 2.35. The molecule has 0 bridgehead atoms. The van der Waals surface area contributed by atoms with Gasteiger partial charge in [-0.1, -0.05) is 19.1 Å². The van der Waals surface area contributed by atoms with Gasteiger partial charge < -0.3 is 15.2 Å². The highest BCUT2D eigenvalue weighted by atomic mass is 16.5. The van der Waals surface area contributed by atoms with E-state index in [1.807, 2.05) is 12.1 Å². The first-order chi connectivity index (χ1) is 7.80. The molecule has 0 aliphatic heterocycles. The molecule has 0 aliphatic rings. The lowest BCUT2D eigenvalue weighted by Gasteiger charge is -2.15. The maximum Gasteiger partial charge on any atom is 0.119 e. The summed E-state index contributed by atoms with van der Waals surface area (Å²) in [5.74, 6) is 0.887. The predicted molar refractivity (Wildman–Crippen MR) is 65.8 cm³/mol. The van der Waals surface area contributed by atoms with E-state index in [2.05, 4.69) is 19.1 Å². The van der Waals surface area contributed by atoms with Crippen molar-refractivity contribution < 1.29 is 9.47 Å². The van der Waals surface area contributed by atoms with Crippen molar-refractivity contribution in [3.8, 4) is 5.75 Å². The second kappa shape index (κ2) is 7.25. The second-order valence-corrected chi connectivity index (χ2v) is 3.77. The molecule has 0 radical (unpaired) electrons. The third-order valence-electron chi connectivity index (χ3n) is 2.54. The maximum atomic E-state index is 5.72. The zero-order valence-corrected chi connectivity index (χ0v) is 10.1. The third-order valence-corrected chi connectivity index (χ3v) is 2.54. The van der Waals surface area contributed by atoms with Crippen LogP contribution in [-0.2, 0) is 11.2 Å². The minimum absolute atomic E-state index is 0.116. The first kappa shape index (κ1) is 13.0. The topological polar surface area (TPSA) is 44.5 Å². The zero-order chi connectivity index (χ0) is 11.8. The molecule has 3 heteroatoms. The fourth-order valence-electron chi connectivity index (χ4n) is 1.45. The third kappa shape index (κ3) is 4.21. The van der Waals surface area contributed by atoms with Crippen LogP contribution in [0.4, 0.5) is 0 Å². The SMILES string of the molecule is CCC(CN)Oc1ccc(CCOC)cc1. The molecule has 0 amide bonds. The predicted octanol–water partition coefficient (Wildman–Crippen LogP) is 1.99. The molecule has 0 heterocycles. The molecule has 0 saturated carbocycles. The Hall–Kier alpha value is -1.06. The monoisotopic (exact) mass is 223 g/mol. The zero-order valence-electron chi connectivity index (χ0n) is 10.1. The minimum Gasteiger partial charge on any atom is -0.489 e. The molecule has 0 fully saturated rings. The first-order valence-corrected chi connectivity index (χ1v) is 5.74. The lowest BCUT2D eigenvalue weighted by atomic mass is 10.1. The molecule has 1 atom stereocenters. The number of rotatable bonds is 7. The van der Waals surface area contributed by atoms with Crippen LogP contribution in [0.5, 0.6) is 5.75 Å². The number of benzene rings is 1. The molecule has 1 rings (SSSR count). The summed E-state index contributed by atoms with van der Waals surface area (Å²) in [6.45, 7) is 3.38. The largest absolute Gasteiger partial charge is 0.489 e. The maximum absolute atomic E-state index is 5.72. The van der Waals surface area contributed by atoms with Crippen LogP contribution in [0.3, 0.4) is 0 Å². The van der Waals surface area contributed by atoms with Crippen molar-refractivity contribution in [2.75, 3.05) is 20.3 Å². The molecular weight excluding hydrogens is 202 g/mol. The molecule has 16 heavy (non-hydrogen) atoms. The Kier molecular flexibility index (Phi) is 5.90. The summed E-state index contributed by atoms with van der Waals surface area (Å²) in [4.78, 5) is 0. The highest BCUT2D eigenvalue weighted by molar-refractivity contribution is 5.27. The van der Waals surface area contributed by atoms with Crippen LogP contribution < -0.4 is 10.5 Å². The summed E-state index contributed by atoms with van der Waals surface area (Å²) in [7, 11) is 1.71. The highest BCUT2D eigenvalue weighted by Crippen LogP contribution is 2.15. The molecule has 0 saturated heterocycles. The summed E-state index contributed by atoms with van der Waals surface area (Å²) < 4.78 is 10.7. The van der Waals surface area contributed by atoms with Gasteiger partial charge in [0.05, 0.1) is 6.61 Å². The van der Waals surface area contributed by atoms with Crippen LogP contribution >= 0.6 is 0 Å². The number of ether oxygens (including phenoxy) is 2. The number of nitrogens with two attached hydrogens (primary N) is 1. The summed E-state index contributed by atoms with van der Waals surface area (Å²) >= 11 is 0. The van der Waals surface area contributed by atoms with Gasteiger partial charge in [0, 0.05) is 13.7 Å². The smallest absolute Gasteiger partial charge is 0.119 e. The Bertz CT molecular complexity index is 280. The van der Waals surface area contributed by atoms with Crippen molar-refractivity contribution in [3.05, 3.63) is 29.8 Å². The van der Waals surface area contributed by atoms with Crippen LogP contribution in [0, 0.1) is 0 Å². The fourth-order valence-corrected chi connectivity index (χ4v) is 1.45. The lowest BCUT2D eigenvalue weighted by molar-refractivity contribution is 0.201. The van der Waals surface area contributed by atoms with Gasteiger partial charge in [-0.25, -0.2) is 0 Å². The van der Waals surface area contributed by atoms with Crippen molar-refractivity contribution in [1.82, 2.24) is 0 Å². The van der Waals surface area contributed by atoms with E-state index in [0.29, 0.717) is 6.54 Å². The summed E-state index contributed by atoms with van der Waals surface area (Å²) in [5, 5.41) is 0. The number of hydrogen-bond acceptors (Lipinski definition) is 3. The van der Waals surface area contributed by atoms with Gasteiger partial charge in [-0.05, 0) is 30.5 Å². The molecule has 2 N–H and O–H groups in total. The Morgan fingerprint density at radius 1 is 1.25 bits per heavy atom.